The molecule has 1 saturated heterocycles. The fourth-order valence-corrected chi connectivity index (χ4v) is 4.70. The number of anilines is 2. The number of halogens is 1. The molecule has 0 radical (unpaired) electrons. The molecule has 1 unspecified atom stereocenters. The highest BCUT2D eigenvalue weighted by Crippen LogP contribution is 2.47. The van der Waals surface area contributed by atoms with E-state index >= 15 is 0 Å². The second-order valence-corrected chi connectivity index (χ2v) is 8.41. The van der Waals surface area contributed by atoms with Crippen molar-refractivity contribution in [3.8, 4) is 6.07 Å². The summed E-state index contributed by atoms with van der Waals surface area (Å²) in [7, 11) is 1.35. The number of nitriles is 1. The molecule has 1 aromatic carbocycles. The molecule has 8 nitrogen and oxygen atoms in total. The molecular formula is C18H16ClN5O3S. The van der Waals surface area contributed by atoms with Crippen LogP contribution < -0.4 is 10.2 Å². The topological polar surface area (TPSA) is 98.6 Å². The molecule has 1 atom stereocenters. The summed E-state index contributed by atoms with van der Waals surface area (Å²) in [6, 6.07) is 7.09. The molecule has 1 N–H and O–H groups in total. The Kier molecular flexibility index (Phi) is 4.61. The SMILES string of the molecule is COC(=O)N1CCC2(C1)CN(C(=O)Nc1ncc(Cl)s1)c1ccc(C#N)cc12. The van der Waals surface area contributed by atoms with Gasteiger partial charge in [0.15, 0.2) is 5.13 Å². The van der Waals surface area contributed by atoms with E-state index in [1.54, 1.807) is 21.9 Å². The monoisotopic (exact) mass is 417 g/mol. The quantitative estimate of drug-likeness (QED) is 0.766. The van der Waals surface area contributed by atoms with Crippen LogP contribution in [-0.4, -0.2) is 48.8 Å². The summed E-state index contributed by atoms with van der Waals surface area (Å²) in [5, 5.41) is 12.5. The highest BCUT2D eigenvalue weighted by Gasteiger charge is 2.50. The second-order valence-electron chi connectivity index (χ2n) is 6.75. The molecule has 2 aliphatic rings. The lowest BCUT2D eigenvalue weighted by Crippen LogP contribution is -2.41. The largest absolute Gasteiger partial charge is 0.453 e. The Morgan fingerprint density at radius 2 is 2.25 bits per heavy atom. The number of amides is 3. The van der Waals surface area contributed by atoms with Crippen molar-refractivity contribution in [3.05, 3.63) is 39.9 Å². The Hall–Kier alpha value is -2.83. The van der Waals surface area contributed by atoms with Gasteiger partial charge in [-0.15, -0.1) is 0 Å². The summed E-state index contributed by atoms with van der Waals surface area (Å²) in [5.41, 5.74) is 1.70. The van der Waals surface area contributed by atoms with Crippen LogP contribution in [0.1, 0.15) is 17.5 Å². The number of hydrogen-bond donors (Lipinski definition) is 1. The Bertz CT molecular complexity index is 1000. The summed E-state index contributed by atoms with van der Waals surface area (Å²) in [5.74, 6) is 0. The van der Waals surface area contributed by atoms with Gasteiger partial charge in [0, 0.05) is 30.7 Å². The Labute approximate surface area is 170 Å². The summed E-state index contributed by atoms with van der Waals surface area (Å²) in [6.45, 7) is 1.35. The molecule has 1 aromatic heterocycles. The van der Waals surface area contributed by atoms with Gasteiger partial charge >= 0.3 is 12.1 Å². The van der Waals surface area contributed by atoms with Crippen LogP contribution in [-0.2, 0) is 10.2 Å². The van der Waals surface area contributed by atoms with E-state index in [0.29, 0.717) is 41.1 Å². The average Bonchev–Trinajstić information content (AvgIpc) is 3.40. The van der Waals surface area contributed by atoms with Crippen LogP contribution in [0.15, 0.2) is 24.4 Å². The van der Waals surface area contributed by atoms with Gasteiger partial charge in [0.05, 0.1) is 24.9 Å². The minimum atomic E-state index is -0.436. The number of likely N-dealkylation sites (tertiary alicyclic amines) is 1. The number of nitrogens with zero attached hydrogens (tertiary/aromatic N) is 4. The molecule has 0 bridgehead atoms. The van der Waals surface area contributed by atoms with E-state index in [1.165, 1.54) is 24.6 Å². The molecule has 28 heavy (non-hydrogen) atoms. The summed E-state index contributed by atoms with van der Waals surface area (Å²) < 4.78 is 5.33. The number of carbonyl (C=O) groups excluding carboxylic acids is 2. The second kappa shape index (κ2) is 6.96. The first kappa shape index (κ1) is 18.5. The van der Waals surface area contributed by atoms with Crippen molar-refractivity contribution in [2.45, 2.75) is 11.8 Å². The van der Waals surface area contributed by atoms with E-state index in [2.05, 4.69) is 16.4 Å². The molecule has 0 aliphatic carbocycles. The highest BCUT2D eigenvalue weighted by molar-refractivity contribution is 7.19. The number of benzene rings is 1. The molecule has 2 aliphatic heterocycles. The minimum absolute atomic E-state index is 0.328. The average molecular weight is 418 g/mol. The van der Waals surface area contributed by atoms with Crippen LogP contribution in [0.3, 0.4) is 0 Å². The Balaban J connectivity index is 1.67. The van der Waals surface area contributed by atoms with E-state index < -0.39 is 11.5 Å². The van der Waals surface area contributed by atoms with Crippen molar-refractivity contribution in [3.63, 3.8) is 0 Å². The highest BCUT2D eigenvalue weighted by atomic mass is 35.5. The van der Waals surface area contributed by atoms with Gasteiger partial charge in [-0.3, -0.25) is 10.2 Å². The van der Waals surface area contributed by atoms with E-state index in [0.717, 1.165) is 11.3 Å². The van der Waals surface area contributed by atoms with Crippen LogP contribution in [0.25, 0.3) is 0 Å². The van der Waals surface area contributed by atoms with E-state index in [1.807, 2.05) is 6.07 Å². The van der Waals surface area contributed by atoms with E-state index in [-0.39, 0.29) is 6.03 Å². The maximum absolute atomic E-state index is 12.9. The molecule has 3 amide bonds. The molecule has 0 saturated carbocycles. The third-order valence-electron chi connectivity index (χ3n) is 5.17. The minimum Gasteiger partial charge on any atom is -0.453 e. The predicted octanol–water partition coefficient (Wildman–Crippen LogP) is 3.43. The normalized spacial score (nSPS) is 20.2. The van der Waals surface area contributed by atoms with Crippen molar-refractivity contribution in [2.24, 2.45) is 0 Å². The number of rotatable bonds is 1. The third-order valence-corrected chi connectivity index (χ3v) is 6.20. The summed E-state index contributed by atoms with van der Waals surface area (Å²) >= 11 is 7.06. The van der Waals surface area contributed by atoms with Crippen LogP contribution in [0, 0.1) is 11.3 Å². The van der Waals surface area contributed by atoms with Crippen molar-refractivity contribution < 1.29 is 14.3 Å². The van der Waals surface area contributed by atoms with E-state index in [9.17, 15) is 14.9 Å². The number of aromatic nitrogens is 1. The van der Waals surface area contributed by atoms with Gasteiger partial charge in [-0.25, -0.2) is 14.6 Å². The zero-order valence-electron chi connectivity index (χ0n) is 14.9. The fourth-order valence-electron chi connectivity index (χ4n) is 3.90. The number of fused-ring (bicyclic) bond motifs is 2. The van der Waals surface area contributed by atoms with Gasteiger partial charge in [-0.05, 0) is 30.2 Å². The fraction of sp³-hybridized carbons (Fsp3) is 0.333. The zero-order valence-corrected chi connectivity index (χ0v) is 16.5. The predicted molar refractivity (Wildman–Crippen MR) is 105 cm³/mol. The van der Waals surface area contributed by atoms with Crippen LogP contribution in [0.2, 0.25) is 4.34 Å². The maximum Gasteiger partial charge on any atom is 0.409 e. The van der Waals surface area contributed by atoms with Gasteiger partial charge in [-0.2, -0.15) is 5.26 Å². The Morgan fingerprint density at radius 1 is 1.43 bits per heavy atom. The first-order valence-corrected chi connectivity index (χ1v) is 9.72. The molecular weight excluding hydrogens is 402 g/mol. The lowest BCUT2D eigenvalue weighted by molar-refractivity contribution is 0.131. The van der Waals surface area contributed by atoms with Crippen molar-refractivity contribution >= 4 is 45.9 Å². The zero-order chi connectivity index (χ0) is 19.9. The van der Waals surface area contributed by atoms with Gasteiger partial charge in [0.2, 0.25) is 0 Å². The van der Waals surface area contributed by atoms with Crippen LogP contribution in [0.5, 0.6) is 0 Å². The lowest BCUT2D eigenvalue weighted by Gasteiger charge is -2.25. The molecule has 3 heterocycles. The first-order chi connectivity index (χ1) is 13.5. The molecule has 144 valence electrons. The van der Waals surface area contributed by atoms with Gasteiger partial charge in [0.25, 0.3) is 0 Å². The number of carbonyl (C=O) groups is 2. The van der Waals surface area contributed by atoms with Crippen LogP contribution in [0.4, 0.5) is 20.4 Å². The number of urea groups is 1. The lowest BCUT2D eigenvalue weighted by atomic mass is 9.81. The third kappa shape index (κ3) is 3.04. The van der Waals surface area contributed by atoms with Crippen LogP contribution >= 0.6 is 22.9 Å². The first-order valence-electron chi connectivity index (χ1n) is 8.53. The standard InChI is InChI=1S/C18H16ClN5O3S/c1-27-17(26)23-5-4-18(9-23)10-24(13-3-2-11(7-20)6-12(13)18)16(25)22-15-21-8-14(19)28-15/h2-3,6,8H,4-5,9-10H2,1H3,(H,21,22,25). The van der Waals surface area contributed by atoms with Gasteiger partial charge < -0.3 is 9.64 Å². The molecule has 1 spiro atoms. The maximum atomic E-state index is 12.9. The number of nitrogens with one attached hydrogen (secondary N) is 1. The number of hydrogen-bond acceptors (Lipinski definition) is 6. The van der Waals surface area contributed by atoms with E-state index in [4.69, 9.17) is 16.3 Å². The smallest absolute Gasteiger partial charge is 0.409 e. The van der Waals surface area contributed by atoms with Crippen molar-refractivity contribution in [1.29, 1.82) is 5.26 Å². The summed E-state index contributed by atoms with van der Waals surface area (Å²) in [4.78, 5) is 32.2. The molecule has 4 rings (SSSR count). The summed E-state index contributed by atoms with van der Waals surface area (Å²) in [6.07, 6.45) is 1.76. The number of thiazole rings is 1. The number of ether oxygens (including phenoxy) is 1. The molecule has 10 heteroatoms. The van der Waals surface area contributed by atoms with Crippen molar-refractivity contribution in [1.82, 2.24) is 9.88 Å². The number of methoxy groups -OCH3 is 1. The molecule has 1 fully saturated rings. The van der Waals surface area contributed by atoms with Gasteiger partial charge in [-0.1, -0.05) is 22.9 Å². The Morgan fingerprint density at radius 3 is 2.93 bits per heavy atom. The van der Waals surface area contributed by atoms with Gasteiger partial charge in [0.1, 0.15) is 4.34 Å². The van der Waals surface area contributed by atoms with Crippen molar-refractivity contribution in [2.75, 3.05) is 37.0 Å². The molecule has 2 aromatic rings.